The average Bonchev–Trinajstić information content (AvgIpc) is 3.11. The summed E-state index contributed by atoms with van der Waals surface area (Å²) in [6, 6.07) is 0. The van der Waals surface area contributed by atoms with Crippen molar-refractivity contribution in [3.63, 3.8) is 0 Å². The lowest BCUT2D eigenvalue weighted by molar-refractivity contribution is -0.305. The summed E-state index contributed by atoms with van der Waals surface area (Å²) in [5.41, 5.74) is 0. The van der Waals surface area contributed by atoms with Crippen LogP contribution in [0.25, 0.3) is 0 Å². The lowest BCUT2D eigenvalue weighted by Gasteiger charge is -2.39. The lowest BCUT2D eigenvalue weighted by Crippen LogP contribution is -2.59. The minimum Gasteiger partial charge on any atom is -0.457 e. The van der Waals surface area contributed by atoms with E-state index in [0.29, 0.717) is 13.0 Å². The van der Waals surface area contributed by atoms with Crippen LogP contribution in [0.1, 0.15) is 194 Å². The second-order valence-corrected chi connectivity index (χ2v) is 14.8. The molecule has 0 aromatic heterocycles. The lowest BCUT2D eigenvalue weighted by atomic mass is 9.99. The van der Waals surface area contributed by atoms with E-state index in [0.717, 1.165) is 32.1 Å². The van der Waals surface area contributed by atoms with Gasteiger partial charge in [-0.05, 0) is 12.8 Å². The van der Waals surface area contributed by atoms with Crippen LogP contribution < -0.4 is 0 Å². The van der Waals surface area contributed by atoms with Gasteiger partial charge in [-0.1, -0.05) is 174 Å². The van der Waals surface area contributed by atoms with Gasteiger partial charge in [-0.3, -0.25) is 4.79 Å². The molecule has 1 rings (SSSR count). The Kier molecular flexibility index (Phi) is 32.1. The molecular weight excluding hydrogens is 636 g/mol. The summed E-state index contributed by atoms with van der Waals surface area (Å²) in [5.74, 6) is -0.309. The minimum absolute atomic E-state index is 0.106. The van der Waals surface area contributed by atoms with Crippen molar-refractivity contribution in [1.82, 2.24) is 0 Å². The molecule has 9 heteroatoms. The monoisotopic (exact) mass is 717 g/mol. The van der Waals surface area contributed by atoms with Crippen molar-refractivity contribution in [3.05, 3.63) is 0 Å². The molecule has 50 heavy (non-hydrogen) atoms. The third-order valence-electron chi connectivity index (χ3n) is 10.0. The van der Waals surface area contributed by atoms with E-state index in [-0.39, 0.29) is 19.2 Å². The van der Waals surface area contributed by atoms with Crippen molar-refractivity contribution in [2.75, 3.05) is 26.4 Å². The van der Waals surface area contributed by atoms with Gasteiger partial charge in [0.05, 0.1) is 19.8 Å². The number of hydrogen-bond acceptors (Lipinski definition) is 9. The number of carbonyl (C=O) groups is 1. The van der Waals surface area contributed by atoms with Gasteiger partial charge < -0.3 is 39.4 Å². The maximum atomic E-state index is 12.7. The van der Waals surface area contributed by atoms with Gasteiger partial charge in [-0.2, -0.15) is 0 Å². The average molecular weight is 717 g/mol. The number of unbranched alkanes of at least 4 members (excludes halogenated alkanes) is 25. The van der Waals surface area contributed by atoms with Crippen molar-refractivity contribution in [1.29, 1.82) is 0 Å². The van der Waals surface area contributed by atoms with Crippen LogP contribution in [0, 0.1) is 0 Å². The number of aliphatic hydroxyl groups excluding tert-OH is 4. The number of rotatable bonds is 36. The molecule has 1 aliphatic rings. The number of ether oxygens (including phenoxy) is 4. The molecule has 298 valence electrons. The van der Waals surface area contributed by atoms with E-state index < -0.39 is 43.4 Å². The zero-order chi connectivity index (χ0) is 36.5. The molecule has 0 radical (unpaired) electrons. The number of esters is 1. The molecular formula is C41H80O9. The van der Waals surface area contributed by atoms with E-state index in [1.165, 1.54) is 141 Å². The van der Waals surface area contributed by atoms with Gasteiger partial charge in [-0.15, -0.1) is 0 Å². The van der Waals surface area contributed by atoms with Gasteiger partial charge in [0.15, 0.2) is 6.29 Å². The van der Waals surface area contributed by atoms with Gasteiger partial charge in [0.1, 0.15) is 30.5 Å². The summed E-state index contributed by atoms with van der Waals surface area (Å²) in [6.07, 6.45) is 26.9. The SMILES string of the molecule is CCCCCCCCCCCCCCCCCCC(=O)OC(COCCCCCCCCCCCCC)COC1OC(CO)C(O)C(O)C1O. The van der Waals surface area contributed by atoms with E-state index >= 15 is 0 Å². The van der Waals surface area contributed by atoms with Gasteiger partial charge in [0.2, 0.25) is 0 Å². The zero-order valence-electron chi connectivity index (χ0n) is 32.4. The molecule has 1 heterocycles. The normalized spacial score (nSPS) is 21.4. The maximum Gasteiger partial charge on any atom is 0.306 e. The molecule has 1 saturated heterocycles. The van der Waals surface area contributed by atoms with Crippen LogP contribution in [0.3, 0.4) is 0 Å². The molecule has 0 aromatic carbocycles. The van der Waals surface area contributed by atoms with Gasteiger partial charge in [-0.25, -0.2) is 0 Å². The Morgan fingerprint density at radius 1 is 0.560 bits per heavy atom. The fourth-order valence-corrected chi connectivity index (χ4v) is 6.67. The predicted octanol–water partition coefficient (Wildman–Crippen LogP) is 8.69. The van der Waals surface area contributed by atoms with Crippen molar-refractivity contribution < 1.29 is 44.2 Å². The summed E-state index contributed by atoms with van der Waals surface area (Å²) in [7, 11) is 0. The first-order valence-corrected chi connectivity index (χ1v) is 21.1. The van der Waals surface area contributed by atoms with Crippen LogP contribution in [0.2, 0.25) is 0 Å². The van der Waals surface area contributed by atoms with Crippen LogP contribution in [-0.2, 0) is 23.7 Å². The van der Waals surface area contributed by atoms with E-state index in [9.17, 15) is 25.2 Å². The Bertz CT molecular complexity index is 737. The molecule has 6 atom stereocenters. The molecule has 0 spiro atoms. The minimum atomic E-state index is -1.53. The Morgan fingerprint density at radius 3 is 1.42 bits per heavy atom. The molecule has 0 amide bonds. The largest absolute Gasteiger partial charge is 0.457 e. The summed E-state index contributed by atoms with van der Waals surface area (Å²) < 4.78 is 22.7. The van der Waals surface area contributed by atoms with Crippen LogP contribution in [0.4, 0.5) is 0 Å². The second kappa shape index (κ2) is 34.0. The van der Waals surface area contributed by atoms with Crippen molar-refractivity contribution >= 4 is 5.97 Å². The molecule has 1 aliphatic heterocycles. The molecule has 4 N–H and O–H groups in total. The topological polar surface area (TPSA) is 135 Å². The van der Waals surface area contributed by atoms with Crippen LogP contribution >= 0.6 is 0 Å². The van der Waals surface area contributed by atoms with E-state index in [4.69, 9.17) is 18.9 Å². The van der Waals surface area contributed by atoms with Gasteiger partial charge in [0.25, 0.3) is 0 Å². The summed E-state index contributed by atoms with van der Waals surface area (Å²) >= 11 is 0. The smallest absolute Gasteiger partial charge is 0.306 e. The van der Waals surface area contributed by atoms with E-state index in [2.05, 4.69) is 13.8 Å². The Balaban J connectivity index is 2.26. The number of carbonyl (C=O) groups excluding carboxylic acids is 1. The van der Waals surface area contributed by atoms with E-state index in [1.807, 2.05) is 0 Å². The highest BCUT2D eigenvalue weighted by Crippen LogP contribution is 2.22. The first kappa shape index (κ1) is 47.2. The Labute approximate surface area is 306 Å². The molecule has 6 unspecified atom stereocenters. The van der Waals surface area contributed by atoms with Crippen LogP contribution in [0.5, 0.6) is 0 Å². The van der Waals surface area contributed by atoms with E-state index in [1.54, 1.807) is 0 Å². The third kappa shape index (κ3) is 25.2. The highest BCUT2D eigenvalue weighted by molar-refractivity contribution is 5.69. The molecule has 0 bridgehead atoms. The van der Waals surface area contributed by atoms with Gasteiger partial charge >= 0.3 is 5.97 Å². The first-order chi connectivity index (χ1) is 24.4. The fourth-order valence-electron chi connectivity index (χ4n) is 6.67. The highest BCUT2D eigenvalue weighted by Gasteiger charge is 2.44. The van der Waals surface area contributed by atoms with Crippen LogP contribution in [0.15, 0.2) is 0 Å². The van der Waals surface area contributed by atoms with Crippen LogP contribution in [-0.4, -0.2) is 89.6 Å². The van der Waals surface area contributed by atoms with Crippen molar-refractivity contribution in [2.45, 2.75) is 230 Å². The molecule has 0 aromatic rings. The second-order valence-electron chi connectivity index (χ2n) is 14.8. The number of aliphatic hydroxyl groups is 4. The standard InChI is InChI=1S/C41H80O9/c1-3-5-7-9-11-13-15-16-17-18-19-20-22-24-26-28-30-37(43)49-35(34-48-41-40(46)39(45)38(44)36(32-42)50-41)33-47-31-29-27-25-23-21-14-12-10-8-6-4-2/h35-36,38-42,44-46H,3-34H2,1-2H3. The fraction of sp³-hybridized carbons (Fsp3) is 0.976. The zero-order valence-corrected chi connectivity index (χ0v) is 32.4. The first-order valence-electron chi connectivity index (χ1n) is 21.1. The molecule has 0 saturated carbocycles. The highest BCUT2D eigenvalue weighted by atomic mass is 16.7. The van der Waals surface area contributed by atoms with Crippen molar-refractivity contribution in [3.8, 4) is 0 Å². The van der Waals surface area contributed by atoms with Crippen molar-refractivity contribution in [2.24, 2.45) is 0 Å². The third-order valence-corrected chi connectivity index (χ3v) is 10.0. The number of hydrogen-bond donors (Lipinski definition) is 4. The molecule has 1 fully saturated rings. The summed E-state index contributed by atoms with van der Waals surface area (Å²) in [5, 5.41) is 40.0. The van der Waals surface area contributed by atoms with Gasteiger partial charge in [0, 0.05) is 13.0 Å². The maximum absolute atomic E-state index is 12.7. The predicted molar refractivity (Wildman–Crippen MR) is 201 cm³/mol. The molecule has 9 nitrogen and oxygen atoms in total. The summed E-state index contributed by atoms with van der Waals surface area (Å²) in [6.45, 7) is 4.58. The summed E-state index contributed by atoms with van der Waals surface area (Å²) in [4.78, 5) is 12.7. The Hall–Kier alpha value is -0.810. The Morgan fingerprint density at radius 2 is 0.980 bits per heavy atom. The molecule has 0 aliphatic carbocycles. The quantitative estimate of drug-likeness (QED) is 0.0371.